The predicted molar refractivity (Wildman–Crippen MR) is 93.7 cm³/mol. The fourth-order valence-corrected chi connectivity index (χ4v) is 2.39. The molecular weight excluding hydrogens is 402 g/mol. The number of hydrazine groups is 1. The molecule has 5 nitrogen and oxygen atoms in total. The number of halogens is 6. The van der Waals surface area contributed by atoms with E-state index in [1.165, 1.54) is 0 Å². The van der Waals surface area contributed by atoms with Gasteiger partial charge in [0.1, 0.15) is 5.70 Å². The summed E-state index contributed by atoms with van der Waals surface area (Å²) in [5.74, 6) is 4.92. The quantitative estimate of drug-likeness (QED) is 0.300. The number of amides is 1. The van der Waals surface area contributed by atoms with E-state index < -0.39 is 35.9 Å². The first kappa shape index (κ1) is 22.1. The molecule has 0 aliphatic rings. The van der Waals surface area contributed by atoms with Crippen LogP contribution in [0.25, 0.3) is 0 Å². The number of nitrogens with zero attached hydrogens (tertiary/aromatic N) is 1. The molecule has 0 aliphatic carbocycles. The average Bonchev–Trinajstić information content (AvgIpc) is 2.66. The Labute approximate surface area is 161 Å². The lowest BCUT2D eigenvalue weighted by Gasteiger charge is -2.21. The van der Waals surface area contributed by atoms with E-state index in [0.717, 1.165) is 11.2 Å². The molecular formula is C18H16F6N4O. The van der Waals surface area contributed by atoms with E-state index >= 15 is 0 Å². The van der Waals surface area contributed by atoms with Crippen LogP contribution in [0, 0.1) is 0 Å². The van der Waals surface area contributed by atoms with Crippen molar-refractivity contribution in [1.29, 1.82) is 0 Å². The van der Waals surface area contributed by atoms with Gasteiger partial charge in [-0.15, -0.1) is 0 Å². The van der Waals surface area contributed by atoms with E-state index in [1.807, 2.05) is 0 Å². The van der Waals surface area contributed by atoms with Crippen molar-refractivity contribution in [3.05, 3.63) is 77.1 Å². The number of rotatable bonds is 5. The van der Waals surface area contributed by atoms with Crippen LogP contribution in [-0.2, 0) is 23.7 Å². The van der Waals surface area contributed by atoms with Crippen LogP contribution in [0.4, 0.5) is 32.0 Å². The van der Waals surface area contributed by atoms with Crippen molar-refractivity contribution in [3.8, 4) is 0 Å². The molecule has 2 aromatic carbocycles. The summed E-state index contributed by atoms with van der Waals surface area (Å²) in [5, 5.41) is 3.15. The second-order valence-electron chi connectivity index (χ2n) is 5.85. The summed E-state index contributed by atoms with van der Waals surface area (Å²) >= 11 is 0. The van der Waals surface area contributed by atoms with E-state index in [1.54, 1.807) is 30.3 Å². The van der Waals surface area contributed by atoms with Gasteiger partial charge in [0.25, 0.3) is 5.91 Å². The molecule has 29 heavy (non-hydrogen) atoms. The number of nitrogens with two attached hydrogens (primary N) is 2. The van der Waals surface area contributed by atoms with Crippen molar-refractivity contribution >= 4 is 11.6 Å². The highest BCUT2D eigenvalue weighted by atomic mass is 19.4. The largest absolute Gasteiger partial charge is 0.416 e. The van der Waals surface area contributed by atoms with E-state index in [4.69, 9.17) is 11.6 Å². The normalized spacial score (nSPS) is 12.6. The lowest BCUT2D eigenvalue weighted by Crippen LogP contribution is -2.39. The molecule has 0 heterocycles. The lowest BCUT2D eigenvalue weighted by atomic mass is 10.0. The van der Waals surface area contributed by atoms with Gasteiger partial charge in [0.2, 0.25) is 0 Å². The molecule has 156 valence electrons. The number of benzene rings is 2. The number of alkyl halides is 6. The Morgan fingerprint density at radius 3 is 1.93 bits per heavy atom. The number of nitrogens with one attached hydrogen (secondary N) is 1. The fourth-order valence-electron chi connectivity index (χ4n) is 2.39. The van der Waals surface area contributed by atoms with Gasteiger partial charge in [0, 0.05) is 12.7 Å². The summed E-state index contributed by atoms with van der Waals surface area (Å²) in [6.07, 6.45) is -9.09. The Hall–Kier alpha value is -3.21. The number of para-hydroxylation sites is 1. The van der Waals surface area contributed by atoms with Crippen LogP contribution in [0.15, 0.2) is 60.4 Å². The maximum Gasteiger partial charge on any atom is 0.416 e. The second-order valence-corrected chi connectivity index (χ2v) is 5.85. The molecule has 0 atom stereocenters. The molecule has 0 unspecified atom stereocenters. The number of carbonyl (C=O) groups excluding carboxylic acids is 1. The van der Waals surface area contributed by atoms with Crippen LogP contribution in [0.1, 0.15) is 16.7 Å². The summed E-state index contributed by atoms with van der Waals surface area (Å²) in [6, 6.07) is 9.18. The van der Waals surface area contributed by atoms with Crippen LogP contribution in [-0.4, -0.2) is 5.91 Å². The number of hydrogen-bond donors (Lipinski definition) is 3. The fraction of sp³-hybridized carbons (Fsp3) is 0.167. The summed E-state index contributed by atoms with van der Waals surface area (Å²) < 4.78 is 77.4. The molecule has 0 bridgehead atoms. The zero-order valence-corrected chi connectivity index (χ0v) is 14.7. The average molecular weight is 418 g/mol. The Morgan fingerprint density at radius 1 is 0.966 bits per heavy atom. The van der Waals surface area contributed by atoms with E-state index in [0.29, 0.717) is 17.8 Å². The Morgan fingerprint density at radius 2 is 1.48 bits per heavy atom. The van der Waals surface area contributed by atoms with Gasteiger partial charge in [0.05, 0.1) is 16.8 Å². The molecule has 2 aromatic rings. The number of hydrogen-bond acceptors (Lipinski definition) is 4. The topological polar surface area (TPSA) is 84.4 Å². The summed E-state index contributed by atoms with van der Waals surface area (Å²) in [7, 11) is 0. The zero-order valence-electron chi connectivity index (χ0n) is 14.7. The van der Waals surface area contributed by atoms with Gasteiger partial charge in [-0.3, -0.25) is 9.80 Å². The van der Waals surface area contributed by atoms with Gasteiger partial charge in [-0.1, -0.05) is 18.2 Å². The molecule has 0 aliphatic heterocycles. The smallest absolute Gasteiger partial charge is 0.403 e. The van der Waals surface area contributed by atoms with Crippen molar-refractivity contribution in [2.45, 2.75) is 18.9 Å². The van der Waals surface area contributed by atoms with Gasteiger partial charge in [0.15, 0.2) is 0 Å². The highest BCUT2D eigenvalue weighted by molar-refractivity contribution is 5.96. The van der Waals surface area contributed by atoms with Crippen LogP contribution in [0.3, 0.4) is 0 Å². The minimum absolute atomic E-state index is 0.00750. The maximum absolute atomic E-state index is 12.9. The van der Waals surface area contributed by atoms with Crippen LogP contribution in [0.2, 0.25) is 0 Å². The predicted octanol–water partition coefficient (Wildman–Crippen LogP) is 3.52. The van der Waals surface area contributed by atoms with Gasteiger partial charge >= 0.3 is 12.4 Å². The minimum Gasteiger partial charge on any atom is -0.403 e. The van der Waals surface area contributed by atoms with Crippen molar-refractivity contribution in [3.63, 3.8) is 0 Å². The summed E-state index contributed by atoms with van der Waals surface area (Å²) in [4.78, 5) is 12.3. The van der Waals surface area contributed by atoms with E-state index in [2.05, 4.69) is 5.32 Å². The Kier molecular flexibility index (Phi) is 6.42. The molecule has 5 N–H and O–H groups in total. The van der Waals surface area contributed by atoms with Gasteiger partial charge in [-0.25, -0.2) is 5.84 Å². The first-order chi connectivity index (χ1) is 13.4. The molecule has 11 heteroatoms. The van der Waals surface area contributed by atoms with Crippen LogP contribution < -0.4 is 21.9 Å². The van der Waals surface area contributed by atoms with Crippen molar-refractivity contribution in [2.75, 3.05) is 5.01 Å². The van der Waals surface area contributed by atoms with Gasteiger partial charge in [-0.2, -0.15) is 26.3 Å². The van der Waals surface area contributed by atoms with Crippen molar-refractivity contribution in [1.82, 2.24) is 5.32 Å². The summed E-state index contributed by atoms with van der Waals surface area (Å²) in [5.41, 5.74) is 2.20. The first-order valence-electron chi connectivity index (χ1n) is 8.02. The highest BCUT2D eigenvalue weighted by Crippen LogP contribution is 2.36. The van der Waals surface area contributed by atoms with E-state index in [-0.39, 0.29) is 17.3 Å². The molecule has 1 amide bonds. The standard InChI is InChI=1S/C18H16F6N4O/c19-17(20,21)12-6-11(7-13(8-12)18(22,23)24)10-27-16(29)15(9-25)28(26)14-4-2-1-3-5-14/h1-9H,10,25-26H2,(H,27,29)/b15-9-. The molecule has 0 fully saturated rings. The van der Waals surface area contributed by atoms with Crippen molar-refractivity contribution in [2.24, 2.45) is 11.6 Å². The second kappa shape index (κ2) is 8.43. The third-order valence-corrected chi connectivity index (χ3v) is 3.78. The van der Waals surface area contributed by atoms with E-state index in [9.17, 15) is 31.1 Å². The third kappa shape index (κ3) is 5.64. The van der Waals surface area contributed by atoms with Gasteiger partial charge in [-0.05, 0) is 35.9 Å². The minimum atomic E-state index is -4.98. The maximum atomic E-state index is 12.9. The van der Waals surface area contributed by atoms with Gasteiger partial charge < -0.3 is 11.1 Å². The first-order valence-corrected chi connectivity index (χ1v) is 8.02. The Bertz CT molecular complexity index is 861. The van der Waals surface area contributed by atoms with Crippen molar-refractivity contribution < 1.29 is 31.1 Å². The lowest BCUT2D eigenvalue weighted by molar-refractivity contribution is -0.143. The molecule has 2 rings (SSSR count). The molecule has 0 radical (unpaired) electrons. The molecule has 0 saturated carbocycles. The zero-order chi connectivity index (χ0) is 21.8. The molecule has 0 saturated heterocycles. The van der Waals surface area contributed by atoms with Crippen LogP contribution >= 0.6 is 0 Å². The monoisotopic (exact) mass is 418 g/mol. The summed E-state index contributed by atoms with van der Waals surface area (Å²) in [6.45, 7) is -0.605. The highest BCUT2D eigenvalue weighted by Gasteiger charge is 2.36. The molecule has 0 spiro atoms. The number of carbonyl (C=O) groups is 1. The SMILES string of the molecule is N/C=C(/C(=O)NCc1cc(C(F)(F)F)cc(C(F)(F)F)c1)N(N)c1ccccc1. The third-order valence-electron chi connectivity index (χ3n) is 3.78. The molecule has 0 aromatic heterocycles. The Balaban J connectivity index is 2.22. The van der Waals surface area contributed by atoms with Crippen LogP contribution in [0.5, 0.6) is 0 Å². The number of anilines is 1.